The van der Waals surface area contributed by atoms with Crippen LogP contribution in [0.4, 0.5) is 5.69 Å². The second-order valence-corrected chi connectivity index (χ2v) is 5.31. The van der Waals surface area contributed by atoms with E-state index in [9.17, 15) is 0 Å². The predicted octanol–water partition coefficient (Wildman–Crippen LogP) is -0.232. The molecule has 1 aliphatic rings. The van der Waals surface area contributed by atoms with E-state index in [2.05, 4.69) is 59.3 Å². The highest BCUT2D eigenvalue weighted by atomic mass is 79.9. The largest absolute Gasteiger partial charge is 1.00 e. The van der Waals surface area contributed by atoms with E-state index in [0.717, 1.165) is 13.7 Å². The molecule has 0 amide bonds. The molecule has 1 aliphatic heterocycles. The molecule has 1 N–H and O–H groups in total. The average Bonchev–Trinajstić information content (AvgIpc) is 2.87. The average molecular weight is 424 g/mol. The Kier molecular flexibility index (Phi) is 8.58. The number of hydrogen-bond acceptors (Lipinski definition) is 3. The van der Waals surface area contributed by atoms with Gasteiger partial charge >= 0.3 is 0 Å². The summed E-state index contributed by atoms with van der Waals surface area (Å²) in [6.07, 6.45) is 2.18. The number of benzene rings is 1. The number of para-hydroxylation sites is 2. The molecule has 2 heterocycles. The third-order valence-electron chi connectivity index (χ3n) is 3.16. The van der Waals surface area contributed by atoms with Crippen molar-refractivity contribution in [2.45, 2.75) is 12.8 Å². The number of aromatic nitrogens is 1. The molecule has 3 rings (SSSR count). The maximum atomic E-state index is 7.00. The zero-order chi connectivity index (χ0) is 13.1. The van der Waals surface area contributed by atoms with E-state index in [4.69, 9.17) is 5.11 Å². The van der Waals surface area contributed by atoms with Crippen molar-refractivity contribution in [2.24, 2.45) is 0 Å². The molecule has 0 saturated carbocycles. The lowest BCUT2D eigenvalue weighted by atomic mass is 10.2. The summed E-state index contributed by atoms with van der Waals surface area (Å²) in [5.74, 6) is 0.581. The van der Waals surface area contributed by atoms with Gasteiger partial charge in [-0.15, -0.1) is 17.0 Å². The summed E-state index contributed by atoms with van der Waals surface area (Å²) in [4.78, 5) is 2.35. The first-order chi connectivity index (χ1) is 8.77. The van der Waals surface area contributed by atoms with E-state index in [1.54, 1.807) is 0 Å². The van der Waals surface area contributed by atoms with Gasteiger partial charge in [-0.3, -0.25) is 0 Å². The number of nitrogens with zero attached hydrogens (tertiary/aromatic N) is 2. The molecule has 3 nitrogen and oxygen atoms in total. The van der Waals surface area contributed by atoms with Gasteiger partial charge in [-0.1, -0.05) is 23.5 Å². The van der Waals surface area contributed by atoms with Crippen molar-refractivity contribution in [1.82, 2.24) is 0 Å². The van der Waals surface area contributed by atoms with Crippen LogP contribution >= 0.6 is 28.3 Å². The fraction of sp³-hybridized carbons (Fsp3) is 0.357. The van der Waals surface area contributed by atoms with Crippen LogP contribution in [0, 0.1) is 0 Å². The van der Waals surface area contributed by atoms with Gasteiger partial charge in [0.2, 0.25) is 10.7 Å². The van der Waals surface area contributed by atoms with E-state index in [1.807, 2.05) is 11.3 Å². The number of likely N-dealkylation sites (N-methyl/N-ethyl adjacent to an activating group) is 1. The highest BCUT2D eigenvalue weighted by Crippen LogP contribution is 2.29. The van der Waals surface area contributed by atoms with Gasteiger partial charge in [0.05, 0.1) is 11.3 Å². The van der Waals surface area contributed by atoms with Gasteiger partial charge in [-0.2, -0.15) is 4.57 Å². The van der Waals surface area contributed by atoms with E-state index in [-0.39, 0.29) is 34.0 Å². The van der Waals surface area contributed by atoms with Crippen molar-refractivity contribution < 1.29 is 26.7 Å². The van der Waals surface area contributed by atoms with Crippen LogP contribution in [0.2, 0.25) is 0 Å². The number of thiazole rings is 1. The van der Waals surface area contributed by atoms with Crippen LogP contribution < -0.4 is 26.4 Å². The van der Waals surface area contributed by atoms with Crippen molar-refractivity contribution >= 4 is 34.0 Å². The van der Waals surface area contributed by atoms with Gasteiger partial charge < -0.3 is 27.0 Å². The van der Waals surface area contributed by atoms with Crippen molar-refractivity contribution in [3.8, 4) is 5.69 Å². The normalized spacial score (nSPS) is 15.4. The molecule has 0 fully saturated rings. The maximum Gasteiger partial charge on any atom is 0.247 e. The molecular weight excluding hydrogens is 404 g/mol. The first-order valence-corrected chi connectivity index (χ1v) is 6.89. The molecule has 0 saturated heterocycles. The highest BCUT2D eigenvalue weighted by Gasteiger charge is 2.29. The minimum Gasteiger partial charge on any atom is -1.00 e. The molecule has 0 aliphatic carbocycles. The van der Waals surface area contributed by atoms with Gasteiger partial charge in [0, 0.05) is 26.8 Å². The summed E-state index contributed by atoms with van der Waals surface area (Å²) < 4.78 is 2.33. The second-order valence-electron chi connectivity index (χ2n) is 4.38. The topological polar surface area (TPSA) is 27.4 Å². The standard InChI is InChI=1S/C13H15N2S.CH4O.2BrH/c1-10-9-14(2)11-5-3-4-6-12(11)15-7-8-16-13(10)15;1-2;;/h3-8,10H,9H2,1-2H3;2H,1H3;2*1H/q+1;;;/p-1. The number of halogens is 2. The number of hydrogen-bond donors (Lipinski definition) is 1. The number of aliphatic hydroxyl groups excluding tert-OH is 1. The summed E-state index contributed by atoms with van der Waals surface area (Å²) >= 11 is 1.85. The third-order valence-corrected chi connectivity index (χ3v) is 4.26. The first-order valence-electron chi connectivity index (χ1n) is 6.01. The van der Waals surface area contributed by atoms with Crippen molar-refractivity contribution in [3.05, 3.63) is 40.8 Å². The zero-order valence-electron chi connectivity index (χ0n) is 11.8. The van der Waals surface area contributed by atoms with Crippen LogP contribution in [0.1, 0.15) is 17.8 Å². The Hall–Kier alpha value is -0.430. The third kappa shape index (κ3) is 3.61. The minimum absolute atomic E-state index is 0. The molecule has 6 heteroatoms. The predicted molar refractivity (Wildman–Crippen MR) is 86.0 cm³/mol. The van der Waals surface area contributed by atoms with Crippen LogP contribution in [-0.2, 0) is 0 Å². The molecular formula is C14H20Br2N2OS. The summed E-state index contributed by atoms with van der Waals surface area (Å²) in [6.45, 7) is 3.38. The Balaban J connectivity index is 0.000000866. The van der Waals surface area contributed by atoms with Gasteiger partial charge in [0.15, 0.2) is 6.20 Å². The number of fused-ring (bicyclic) bond motifs is 3. The molecule has 0 bridgehead atoms. The number of anilines is 1. The molecule has 1 unspecified atom stereocenters. The SMILES string of the molecule is Br.CC1CN(C)c2ccccc2-[n+]2ccsc21.CO.[Br-]. The quantitative estimate of drug-likeness (QED) is 0.592. The Morgan fingerprint density at radius 3 is 2.65 bits per heavy atom. The maximum absolute atomic E-state index is 7.00. The molecule has 2 aromatic rings. The molecule has 112 valence electrons. The monoisotopic (exact) mass is 422 g/mol. The van der Waals surface area contributed by atoms with Crippen molar-refractivity contribution in [2.75, 3.05) is 25.6 Å². The fourth-order valence-electron chi connectivity index (χ4n) is 2.42. The van der Waals surface area contributed by atoms with Gasteiger partial charge in [0.1, 0.15) is 5.69 Å². The summed E-state index contributed by atoms with van der Waals surface area (Å²) in [5.41, 5.74) is 2.61. The van der Waals surface area contributed by atoms with E-state index in [0.29, 0.717) is 5.92 Å². The van der Waals surface area contributed by atoms with Crippen molar-refractivity contribution in [3.63, 3.8) is 0 Å². The number of aliphatic hydroxyl groups is 1. The summed E-state index contributed by atoms with van der Waals surface area (Å²) in [5, 5.41) is 10.6. The summed E-state index contributed by atoms with van der Waals surface area (Å²) in [7, 11) is 3.17. The van der Waals surface area contributed by atoms with E-state index >= 15 is 0 Å². The van der Waals surface area contributed by atoms with Crippen LogP contribution in [0.15, 0.2) is 35.8 Å². The van der Waals surface area contributed by atoms with Crippen LogP contribution in [0.3, 0.4) is 0 Å². The van der Waals surface area contributed by atoms with Gasteiger partial charge in [0.25, 0.3) is 0 Å². The zero-order valence-corrected chi connectivity index (χ0v) is 15.9. The highest BCUT2D eigenvalue weighted by molar-refractivity contribution is 8.93. The van der Waals surface area contributed by atoms with Gasteiger partial charge in [-0.25, -0.2) is 0 Å². The molecule has 20 heavy (non-hydrogen) atoms. The Morgan fingerprint density at radius 1 is 1.30 bits per heavy atom. The van der Waals surface area contributed by atoms with E-state index in [1.165, 1.54) is 16.4 Å². The lowest BCUT2D eigenvalue weighted by Crippen LogP contribution is -3.00. The molecule has 0 radical (unpaired) electrons. The smallest absolute Gasteiger partial charge is 0.247 e. The molecule has 1 aromatic heterocycles. The molecule has 1 atom stereocenters. The Morgan fingerprint density at radius 2 is 1.95 bits per heavy atom. The van der Waals surface area contributed by atoms with Gasteiger partial charge in [-0.05, 0) is 13.0 Å². The Labute approximate surface area is 145 Å². The van der Waals surface area contributed by atoms with E-state index < -0.39 is 0 Å². The second kappa shape index (κ2) is 8.77. The van der Waals surface area contributed by atoms with Crippen LogP contribution in [-0.4, -0.2) is 25.8 Å². The number of rotatable bonds is 0. The lowest BCUT2D eigenvalue weighted by molar-refractivity contribution is -0.598. The summed E-state index contributed by atoms with van der Waals surface area (Å²) in [6, 6.07) is 8.61. The molecule has 1 aromatic carbocycles. The minimum atomic E-state index is 0. The van der Waals surface area contributed by atoms with Crippen LogP contribution in [0.5, 0.6) is 0 Å². The van der Waals surface area contributed by atoms with Crippen LogP contribution in [0.25, 0.3) is 5.69 Å². The first kappa shape index (κ1) is 19.6. The van der Waals surface area contributed by atoms with Crippen molar-refractivity contribution in [1.29, 1.82) is 0 Å². The Bertz CT molecular complexity index is 533. The fourth-order valence-corrected chi connectivity index (χ4v) is 3.32. The molecule has 0 spiro atoms. The lowest BCUT2D eigenvalue weighted by Gasteiger charge is -2.17.